The largest absolute Gasteiger partial charge is 0.386 e. The molecule has 0 unspecified atom stereocenters. The number of allylic oxidation sites excluding steroid dienone is 2. The predicted molar refractivity (Wildman–Crippen MR) is 119 cm³/mol. The lowest BCUT2D eigenvalue weighted by atomic mass is 9.79. The Morgan fingerprint density at radius 2 is 1.87 bits per heavy atom. The van der Waals surface area contributed by atoms with Gasteiger partial charge in [-0.3, -0.25) is 0 Å². The first-order valence-corrected chi connectivity index (χ1v) is 10.5. The van der Waals surface area contributed by atoms with Gasteiger partial charge < -0.3 is 0 Å². The molecule has 4 heteroatoms. The Bertz CT molecular complexity index is 1150. The molecule has 2 bridgehead atoms. The average Bonchev–Trinajstić information content (AvgIpc) is 2.76. The van der Waals surface area contributed by atoms with Crippen molar-refractivity contribution in [2.45, 2.75) is 46.0 Å². The maximum absolute atomic E-state index is 12.7. The highest BCUT2D eigenvalue weighted by Crippen LogP contribution is 2.42. The van der Waals surface area contributed by atoms with Crippen molar-refractivity contribution >= 4 is 33.5 Å². The van der Waals surface area contributed by atoms with Crippen LogP contribution in [0.15, 0.2) is 54.6 Å². The number of carbonyl (C=O) groups is 2. The molecule has 0 radical (unpaired) electrons. The molecule has 0 saturated carbocycles. The number of hydrogen-bond donors (Lipinski definition) is 0. The van der Waals surface area contributed by atoms with Gasteiger partial charge in [0, 0.05) is 11.5 Å². The van der Waals surface area contributed by atoms with Crippen molar-refractivity contribution in [3.8, 4) is 0 Å². The highest BCUT2D eigenvalue weighted by atomic mass is 17.2. The summed E-state index contributed by atoms with van der Waals surface area (Å²) in [6, 6.07) is 10.0. The van der Waals surface area contributed by atoms with Gasteiger partial charge in [-0.15, -0.1) is 0 Å². The van der Waals surface area contributed by atoms with Crippen molar-refractivity contribution in [1.82, 2.24) is 0 Å². The van der Waals surface area contributed by atoms with Crippen LogP contribution in [0.1, 0.15) is 54.6 Å². The number of hydrogen-bond acceptors (Lipinski definition) is 4. The van der Waals surface area contributed by atoms with E-state index in [-0.39, 0.29) is 0 Å². The zero-order chi connectivity index (χ0) is 21.3. The highest BCUT2D eigenvalue weighted by molar-refractivity contribution is 6.20. The maximum atomic E-state index is 12.7. The van der Waals surface area contributed by atoms with Crippen LogP contribution in [0.5, 0.6) is 0 Å². The number of benzene rings is 4. The summed E-state index contributed by atoms with van der Waals surface area (Å²) < 4.78 is 0. The molecule has 154 valence electrons. The summed E-state index contributed by atoms with van der Waals surface area (Å²) >= 11 is 0. The summed E-state index contributed by atoms with van der Waals surface area (Å²) in [5.41, 5.74) is 4.37. The second kappa shape index (κ2) is 8.31. The van der Waals surface area contributed by atoms with Gasteiger partial charge in [-0.25, -0.2) is 19.4 Å². The third-order valence-electron chi connectivity index (χ3n) is 5.90. The van der Waals surface area contributed by atoms with Crippen molar-refractivity contribution in [3.05, 3.63) is 71.3 Å². The molecule has 0 N–H and O–H groups in total. The van der Waals surface area contributed by atoms with Gasteiger partial charge >= 0.3 is 11.9 Å². The minimum absolute atomic E-state index is 0.447. The fourth-order valence-corrected chi connectivity index (χ4v) is 4.48. The van der Waals surface area contributed by atoms with E-state index in [1.54, 1.807) is 0 Å². The van der Waals surface area contributed by atoms with Gasteiger partial charge in [-0.2, -0.15) is 0 Å². The summed E-state index contributed by atoms with van der Waals surface area (Å²) in [7, 11) is 0. The van der Waals surface area contributed by atoms with Gasteiger partial charge in [-0.1, -0.05) is 62.8 Å². The maximum Gasteiger partial charge on any atom is 0.386 e. The van der Waals surface area contributed by atoms with Gasteiger partial charge in [0.15, 0.2) is 0 Å². The molecule has 5 rings (SSSR count). The zero-order valence-electron chi connectivity index (χ0n) is 17.5. The van der Waals surface area contributed by atoms with E-state index in [9.17, 15) is 9.59 Å². The lowest BCUT2D eigenvalue weighted by Crippen LogP contribution is -2.14. The van der Waals surface area contributed by atoms with Crippen LogP contribution in [0.4, 0.5) is 0 Å². The SMILES string of the molecule is C=CC(=O)OOC(=O)c1cc2c3c(c1c1ccccc21)CC(CCCC(C)C)=CC3. The molecule has 1 aliphatic rings. The summed E-state index contributed by atoms with van der Waals surface area (Å²) in [4.78, 5) is 33.4. The summed E-state index contributed by atoms with van der Waals surface area (Å²) in [6.07, 6.45) is 8.51. The number of rotatable bonds is 6. The lowest BCUT2D eigenvalue weighted by molar-refractivity contribution is -0.228. The van der Waals surface area contributed by atoms with Gasteiger partial charge in [0.1, 0.15) is 0 Å². The minimum Gasteiger partial charge on any atom is -0.242 e. The molecule has 0 spiro atoms. The quantitative estimate of drug-likeness (QED) is 0.217. The van der Waals surface area contributed by atoms with Crippen molar-refractivity contribution in [3.63, 3.8) is 0 Å². The van der Waals surface area contributed by atoms with Gasteiger partial charge in [0.25, 0.3) is 0 Å². The molecular weight excluding hydrogens is 376 g/mol. The lowest BCUT2D eigenvalue weighted by Gasteiger charge is -2.25. The fourth-order valence-electron chi connectivity index (χ4n) is 4.48. The number of fused-ring (bicyclic) bond motifs is 1. The molecule has 0 aromatic heterocycles. The Hall–Kier alpha value is -3.14. The first kappa shape index (κ1) is 20.1. The molecule has 1 aliphatic carbocycles. The molecule has 0 fully saturated rings. The summed E-state index contributed by atoms with van der Waals surface area (Å²) in [6.45, 7) is 7.82. The Morgan fingerprint density at radius 1 is 1.10 bits per heavy atom. The molecule has 0 saturated heterocycles. The molecule has 0 heterocycles. The molecule has 4 aromatic carbocycles. The van der Waals surface area contributed by atoms with Crippen LogP contribution < -0.4 is 0 Å². The minimum atomic E-state index is -0.795. The van der Waals surface area contributed by atoms with E-state index < -0.39 is 11.9 Å². The van der Waals surface area contributed by atoms with Crippen molar-refractivity contribution in [1.29, 1.82) is 0 Å². The zero-order valence-corrected chi connectivity index (χ0v) is 17.5. The van der Waals surface area contributed by atoms with Crippen molar-refractivity contribution < 1.29 is 19.4 Å². The summed E-state index contributed by atoms with van der Waals surface area (Å²) in [5.74, 6) is -0.750. The second-order valence-electron chi connectivity index (χ2n) is 8.36. The molecule has 4 nitrogen and oxygen atoms in total. The van der Waals surface area contributed by atoms with E-state index >= 15 is 0 Å². The van der Waals surface area contributed by atoms with Crippen LogP contribution in [-0.2, 0) is 27.4 Å². The first-order valence-electron chi connectivity index (χ1n) is 10.5. The molecule has 0 atom stereocenters. The van der Waals surface area contributed by atoms with E-state index in [0.717, 1.165) is 46.9 Å². The van der Waals surface area contributed by atoms with Crippen LogP contribution >= 0.6 is 0 Å². The third-order valence-corrected chi connectivity index (χ3v) is 5.90. The van der Waals surface area contributed by atoms with Crippen LogP contribution in [0.2, 0.25) is 0 Å². The highest BCUT2D eigenvalue weighted by Gasteiger charge is 2.26. The normalized spacial score (nSPS) is 13.4. The van der Waals surface area contributed by atoms with E-state index in [2.05, 4.69) is 37.5 Å². The predicted octanol–water partition coefficient (Wildman–Crippen LogP) is 6.08. The van der Waals surface area contributed by atoms with E-state index in [1.807, 2.05) is 24.3 Å². The molecule has 30 heavy (non-hydrogen) atoms. The van der Waals surface area contributed by atoms with E-state index in [4.69, 9.17) is 4.89 Å². The third kappa shape index (κ3) is 3.70. The Kier molecular flexibility index (Phi) is 5.58. The molecule has 0 amide bonds. The Labute approximate surface area is 176 Å². The molecular formula is C26H26O4. The number of carbonyl (C=O) groups excluding carboxylic acids is 2. The fraction of sp³-hybridized carbons (Fsp3) is 0.308. The molecule has 4 aromatic rings. The van der Waals surface area contributed by atoms with Gasteiger partial charge in [0.2, 0.25) is 0 Å². The smallest absolute Gasteiger partial charge is 0.242 e. The summed E-state index contributed by atoms with van der Waals surface area (Å²) in [5, 5.41) is 4.15. The Balaban J connectivity index is 1.73. The van der Waals surface area contributed by atoms with E-state index in [0.29, 0.717) is 11.5 Å². The van der Waals surface area contributed by atoms with E-state index in [1.165, 1.54) is 29.5 Å². The Morgan fingerprint density at radius 3 is 2.60 bits per heavy atom. The van der Waals surface area contributed by atoms with Gasteiger partial charge in [-0.05, 0) is 65.0 Å². The topological polar surface area (TPSA) is 52.6 Å². The second-order valence-corrected chi connectivity index (χ2v) is 8.36. The standard InChI is InChI=1S/C26H26O4/c1-4-24(27)29-30-26(28)23-15-21-18-10-5-6-11-20(18)25(23)22-14-17(12-13-19(21)22)9-7-8-16(2)3/h4-6,10-12,15-16H,1,7-9,13-14H2,2-3H3. The van der Waals surface area contributed by atoms with Crippen molar-refractivity contribution in [2.24, 2.45) is 5.92 Å². The van der Waals surface area contributed by atoms with Crippen LogP contribution in [0.3, 0.4) is 0 Å². The molecule has 0 aliphatic heterocycles. The van der Waals surface area contributed by atoms with Crippen LogP contribution in [-0.4, -0.2) is 11.9 Å². The first-order chi connectivity index (χ1) is 14.5. The van der Waals surface area contributed by atoms with Crippen LogP contribution in [0.25, 0.3) is 21.5 Å². The van der Waals surface area contributed by atoms with Crippen LogP contribution in [0, 0.1) is 5.92 Å². The monoisotopic (exact) mass is 402 g/mol. The average molecular weight is 402 g/mol. The van der Waals surface area contributed by atoms with Crippen molar-refractivity contribution in [2.75, 3.05) is 0 Å². The van der Waals surface area contributed by atoms with Gasteiger partial charge in [0.05, 0.1) is 5.56 Å².